The van der Waals surface area contributed by atoms with E-state index in [1.807, 2.05) is 0 Å². The van der Waals surface area contributed by atoms with Gasteiger partial charge in [-0.25, -0.2) is 4.98 Å². The zero-order valence-electron chi connectivity index (χ0n) is 12.4. The van der Waals surface area contributed by atoms with E-state index < -0.39 is 17.4 Å². The second-order valence-electron chi connectivity index (χ2n) is 5.94. The average Bonchev–Trinajstić information content (AvgIpc) is 2.85. The molecule has 4 rings (SSSR count). The highest BCUT2D eigenvalue weighted by atomic mass is 32.1. The third kappa shape index (κ3) is 2.00. The lowest BCUT2D eigenvalue weighted by Crippen LogP contribution is -2.50. The number of nitrogens with two attached hydrogens (primary N) is 1. The number of halogens is 3. The molecule has 1 fully saturated rings. The largest absolute Gasteiger partial charge is 0.486 e. The van der Waals surface area contributed by atoms with Gasteiger partial charge >= 0.3 is 6.18 Å². The maximum absolute atomic E-state index is 13.5. The molecule has 2 N–H and O–H groups in total. The van der Waals surface area contributed by atoms with Crippen molar-refractivity contribution in [3.8, 4) is 11.5 Å². The summed E-state index contributed by atoms with van der Waals surface area (Å²) in [6.45, 7) is 0.588. The van der Waals surface area contributed by atoms with Crippen LogP contribution in [0.25, 0.3) is 10.2 Å². The first-order chi connectivity index (χ1) is 11.3. The fourth-order valence-electron chi connectivity index (χ4n) is 3.19. The van der Waals surface area contributed by atoms with Crippen LogP contribution in [-0.2, 0) is 0 Å². The fraction of sp³-hybridized carbons (Fsp3) is 0.467. The van der Waals surface area contributed by atoms with Crippen LogP contribution in [0.2, 0.25) is 0 Å². The van der Waals surface area contributed by atoms with Crippen molar-refractivity contribution in [1.82, 2.24) is 4.98 Å². The van der Waals surface area contributed by atoms with Crippen molar-refractivity contribution < 1.29 is 27.4 Å². The van der Waals surface area contributed by atoms with Gasteiger partial charge in [0.15, 0.2) is 22.4 Å². The summed E-state index contributed by atoms with van der Waals surface area (Å²) in [5, 5.41) is 0.163. The monoisotopic (exact) mass is 358 g/mol. The van der Waals surface area contributed by atoms with E-state index in [2.05, 4.69) is 4.98 Å². The zero-order chi connectivity index (χ0) is 17.1. The number of ether oxygens (including phenoxy) is 2. The van der Waals surface area contributed by atoms with Crippen molar-refractivity contribution in [2.45, 2.75) is 25.4 Å². The maximum Gasteiger partial charge on any atom is 0.401 e. The highest BCUT2D eigenvalue weighted by Crippen LogP contribution is 2.56. The predicted octanol–water partition coefficient (Wildman–Crippen LogP) is 3.57. The van der Waals surface area contributed by atoms with Crippen molar-refractivity contribution in [2.24, 2.45) is 5.41 Å². The molecule has 1 aromatic carbocycles. The van der Waals surface area contributed by atoms with E-state index in [0.29, 0.717) is 23.5 Å². The first kappa shape index (κ1) is 15.5. The number of thiazole rings is 1. The van der Waals surface area contributed by atoms with Crippen molar-refractivity contribution in [3.63, 3.8) is 0 Å². The lowest BCUT2D eigenvalue weighted by atomic mass is 9.64. The Bertz CT molecular complexity index is 843. The minimum absolute atomic E-state index is 0.0979. The molecule has 0 atom stereocenters. The molecule has 128 valence electrons. The Hall–Kier alpha value is -2.03. The molecule has 2 heterocycles. The fourth-order valence-corrected chi connectivity index (χ4v) is 4.04. The van der Waals surface area contributed by atoms with Gasteiger partial charge in [-0.1, -0.05) is 17.8 Å². The number of aromatic nitrogens is 1. The average molecular weight is 358 g/mol. The molecule has 1 aliphatic carbocycles. The molecule has 2 aliphatic rings. The topological polar surface area (TPSA) is 74.4 Å². The number of nitrogens with zero attached hydrogens (tertiary/aromatic N) is 1. The van der Waals surface area contributed by atoms with Gasteiger partial charge in [0, 0.05) is 5.56 Å². The van der Waals surface area contributed by atoms with Gasteiger partial charge < -0.3 is 15.2 Å². The van der Waals surface area contributed by atoms with Crippen LogP contribution in [-0.4, -0.2) is 30.2 Å². The van der Waals surface area contributed by atoms with Gasteiger partial charge in [-0.05, 0) is 18.9 Å². The molecule has 2 aromatic rings. The van der Waals surface area contributed by atoms with Crippen LogP contribution >= 0.6 is 11.3 Å². The predicted molar refractivity (Wildman–Crippen MR) is 81.7 cm³/mol. The highest BCUT2D eigenvalue weighted by molar-refractivity contribution is 7.22. The molecule has 0 radical (unpaired) electrons. The van der Waals surface area contributed by atoms with Crippen LogP contribution in [0.5, 0.6) is 11.5 Å². The quantitative estimate of drug-likeness (QED) is 0.831. The molecule has 0 amide bonds. The summed E-state index contributed by atoms with van der Waals surface area (Å²) in [5.41, 5.74) is 3.44. The lowest BCUT2D eigenvalue weighted by Gasteiger charge is -2.41. The molecule has 0 unspecified atom stereocenters. The standard InChI is InChI=1S/C15H13F3N2O3S/c16-15(17,18)14(2-1-3-14)12(21)7-6-8-10(23-5-4-22-8)11-9(7)20-13(19)24-11/h6H,1-5H2,(H2,19,20). The summed E-state index contributed by atoms with van der Waals surface area (Å²) in [6, 6.07) is 1.31. The number of carbonyl (C=O) groups excluding carboxylic acids is 1. The normalized spacial score (nSPS) is 19.1. The number of hydrogen-bond acceptors (Lipinski definition) is 6. The number of fused-ring (bicyclic) bond motifs is 3. The van der Waals surface area contributed by atoms with Crippen LogP contribution in [0, 0.1) is 5.41 Å². The van der Waals surface area contributed by atoms with Crippen LogP contribution in [0.4, 0.5) is 18.3 Å². The van der Waals surface area contributed by atoms with E-state index in [0.717, 1.165) is 11.3 Å². The molecule has 5 nitrogen and oxygen atoms in total. The first-order valence-corrected chi connectivity index (χ1v) is 8.25. The molecule has 1 aromatic heterocycles. The van der Waals surface area contributed by atoms with E-state index in [4.69, 9.17) is 15.2 Å². The molecular weight excluding hydrogens is 345 g/mol. The van der Waals surface area contributed by atoms with E-state index in [1.54, 1.807) is 0 Å². The maximum atomic E-state index is 13.5. The number of anilines is 1. The Morgan fingerprint density at radius 2 is 2.00 bits per heavy atom. The summed E-state index contributed by atoms with van der Waals surface area (Å²) in [6.07, 6.45) is -4.63. The molecule has 1 aliphatic heterocycles. The van der Waals surface area contributed by atoms with Crippen LogP contribution in [0.3, 0.4) is 0 Å². The second kappa shape index (κ2) is 4.98. The number of hydrogen-bond donors (Lipinski definition) is 1. The minimum atomic E-state index is -4.59. The van der Waals surface area contributed by atoms with Gasteiger partial charge in [0.25, 0.3) is 0 Å². The van der Waals surface area contributed by atoms with Gasteiger partial charge in [-0.3, -0.25) is 4.79 Å². The third-order valence-corrected chi connectivity index (χ3v) is 5.50. The minimum Gasteiger partial charge on any atom is -0.486 e. The Morgan fingerprint density at radius 1 is 1.29 bits per heavy atom. The highest BCUT2D eigenvalue weighted by Gasteiger charge is 2.63. The summed E-state index contributed by atoms with van der Waals surface area (Å²) >= 11 is 1.07. The Kier molecular flexibility index (Phi) is 3.22. The number of ketones is 1. The van der Waals surface area contributed by atoms with Gasteiger partial charge in [-0.15, -0.1) is 0 Å². The van der Waals surface area contributed by atoms with Crippen LogP contribution in [0.1, 0.15) is 29.6 Å². The number of carbonyl (C=O) groups is 1. The van der Waals surface area contributed by atoms with Gasteiger partial charge in [0.2, 0.25) is 0 Å². The first-order valence-electron chi connectivity index (χ1n) is 7.44. The van der Waals surface area contributed by atoms with Crippen LogP contribution < -0.4 is 15.2 Å². The summed E-state index contributed by atoms with van der Waals surface area (Å²) in [5.74, 6) is -0.317. The van der Waals surface area contributed by atoms with E-state index in [1.165, 1.54) is 6.07 Å². The van der Waals surface area contributed by atoms with E-state index in [-0.39, 0.29) is 41.4 Å². The van der Waals surface area contributed by atoms with Crippen LogP contribution in [0.15, 0.2) is 6.07 Å². The second-order valence-corrected chi connectivity index (χ2v) is 6.97. The summed E-state index contributed by atoms with van der Waals surface area (Å²) < 4.78 is 52.0. The number of alkyl halides is 3. The van der Waals surface area contributed by atoms with Crippen molar-refractivity contribution in [1.29, 1.82) is 0 Å². The molecule has 0 spiro atoms. The zero-order valence-corrected chi connectivity index (χ0v) is 13.2. The smallest absolute Gasteiger partial charge is 0.401 e. The SMILES string of the molecule is Nc1nc2c(C(=O)C3(C(F)(F)F)CCC3)cc3c(c2s1)OCCO3. The van der Waals surface area contributed by atoms with E-state index in [9.17, 15) is 18.0 Å². The van der Waals surface area contributed by atoms with Gasteiger partial charge in [-0.2, -0.15) is 13.2 Å². The summed E-state index contributed by atoms with van der Waals surface area (Å²) in [4.78, 5) is 16.9. The summed E-state index contributed by atoms with van der Waals surface area (Å²) in [7, 11) is 0. The number of rotatable bonds is 2. The Morgan fingerprint density at radius 3 is 2.62 bits per heavy atom. The molecule has 24 heavy (non-hydrogen) atoms. The Balaban J connectivity index is 1.92. The molecular formula is C15H13F3N2O3S. The molecule has 9 heteroatoms. The molecule has 1 saturated carbocycles. The third-order valence-electron chi connectivity index (χ3n) is 4.62. The molecule has 0 bridgehead atoms. The lowest BCUT2D eigenvalue weighted by molar-refractivity contribution is -0.226. The number of nitrogen functional groups attached to an aromatic ring is 1. The molecule has 0 saturated heterocycles. The van der Waals surface area contributed by atoms with E-state index >= 15 is 0 Å². The van der Waals surface area contributed by atoms with Crippen molar-refractivity contribution in [3.05, 3.63) is 11.6 Å². The number of Topliss-reactive ketones (excluding diaryl/α,β-unsaturated/α-hetero) is 1. The van der Waals surface area contributed by atoms with Crippen molar-refractivity contribution >= 4 is 32.5 Å². The number of benzene rings is 1. The van der Waals surface area contributed by atoms with Crippen molar-refractivity contribution in [2.75, 3.05) is 18.9 Å². The Labute approximate surface area is 138 Å². The van der Waals surface area contributed by atoms with Gasteiger partial charge in [0.1, 0.15) is 23.3 Å². The van der Waals surface area contributed by atoms with Gasteiger partial charge in [0.05, 0.1) is 5.52 Å².